The number of ketones is 2. The van der Waals surface area contributed by atoms with Crippen molar-refractivity contribution in [2.75, 3.05) is 0 Å². The smallest absolute Gasteiger partial charge is 0.489 e. The highest BCUT2D eigenvalue weighted by Crippen LogP contribution is 2.29. The summed E-state index contributed by atoms with van der Waals surface area (Å²) in [6.07, 6.45) is 37.7. The first-order valence-electron chi connectivity index (χ1n) is 19.3. The summed E-state index contributed by atoms with van der Waals surface area (Å²) < 4.78 is 16.3. The summed E-state index contributed by atoms with van der Waals surface area (Å²) in [5, 5.41) is 0. The van der Waals surface area contributed by atoms with Gasteiger partial charge >= 0.3 is 8.25 Å². The van der Waals surface area contributed by atoms with E-state index in [9.17, 15) is 19.0 Å². The largest absolute Gasteiger partial charge is 0.566 e. The predicted molar refractivity (Wildman–Crippen MR) is 186 cm³/mol. The van der Waals surface area contributed by atoms with E-state index < -0.39 is 25.4 Å². The molecule has 0 aromatic carbocycles. The molecule has 0 saturated carbocycles. The van der Waals surface area contributed by atoms with Gasteiger partial charge in [0.25, 0.3) is 0 Å². The number of hydrogen-bond acceptors (Lipinski definition) is 5. The standard InChI is InChI=1S/C38H73O5P/c1-4-6-8-10-12-14-16-18-20-22-24-26-28-30-32-34-36(39)38(3,43-44(41)42)37(40)35-33-31-29-27-25-23-21-19-17-15-13-11-9-7-5-2/h4-35H2,1-3H3. The van der Waals surface area contributed by atoms with E-state index in [1.165, 1.54) is 161 Å². The van der Waals surface area contributed by atoms with Gasteiger partial charge < -0.3 is 4.89 Å². The van der Waals surface area contributed by atoms with Gasteiger partial charge in [0.1, 0.15) is 0 Å². The molecule has 1 atom stereocenters. The van der Waals surface area contributed by atoms with Crippen LogP contribution in [0.4, 0.5) is 0 Å². The molecule has 6 heteroatoms. The van der Waals surface area contributed by atoms with Crippen molar-refractivity contribution in [2.45, 2.75) is 232 Å². The van der Waals surface area contributed by atoms with Crippen LogP contribution in [-0.2, 0) is 18.7 Å². The topological polar surface area (TPSA) is 83.5 Å². The molecule has 0 bridgehead atoms. The second-order valence-corrected chi connectivity index (χ2v) is 14.2. The Morgan fingerprint density at radius 2 is 0.659 bits per heavy atom. The molecular weight excluding hydrogens is 567 g/mol. The zero-order valence-electron chi connectivity index (χ0n) is 29.6. The number of carbonyl (C=O) groups is 2. The number of carbonyl (C=O) groups excluding carboxylic acids is 2. The molecule has 0 spiro atoms. The SMILES string of the molecule is CCCCCCCCCCCCCCCCCC(=O)C(C)(O[P+](=O)[O-])C(=O)CCCCCCCCCCCCCCCCC. The van der Waals surface area contributed by atoms with Crippen LogP contribution in [0.3, 0.4) is 0 Å². The van der Waals surface area contributed by atoms with E-state index >= 15 is 0 Å². The molecule has 260 valence electrons. The first-order valence-corrected chi connectivity index (χ1v) is 20.4. The third-order valence-electron chi connectivity index (χ3n) is 9.34. The molecule has 0 fully saturated rings. The van der Waals surface area contributed by atoms with Crippen molar-refractivity contribution in [2.24, 2.45) is 0 Å². The second-order valence-electron chi connectivity index (χ2n) is 13.6. The Kier molecular flexibility index (Phi) is 31.8. The van der Waals surface area contributed by atoms with Gasteiger partial charge in [-0.1, -0.05) is 194 Å². The van der Waals surface area contributed by atoms with Gasteiger partial charge in [-0.2, -0.15) is 0 Å². The van der Waals surface area contributed by atoms with Crippen molar-refractivity contribution in [1.82, 2.24) is 0 Å². The fraction of sp³-hybridized carbons (Fsp3) is 0.947. The van der Waals surface area contributed by atoms with Crippen molar-refractivity contribution in [1.29, 1.82) is 0 Å². The normalized spacial score (nSPS) is 12.1. The molecule has 0 aliphatic carbocycles. The molecular formula is C38H73O5P. The van der Waals surface area contributed by atoms with Crippen molar-refractivity contribution >= 4 is 19.8 Å². The first-order chi connectivity index (χ1) is 21.4. The highest BCUT2D eigenvalue weighted by molar-refractivity contribution is 7.30. The van der Waals surface area contributed by atoms with Gasteiger partial charge in [0, 0.05) is 12.8 Å². The van der Waals surface area contributed by atoms with E-state index in [-0.39, 0.29) is 12.8 Å². The van der Waals surface area contributed by atoms with Gasteiger partial charge in [0.2, 0.25) is 5.60 Å². The van der Waals surface area contributed by atoms with Crippen LogP contribution in [0.1, 0.15) is 226 Å². The Balaban J connectivity index is 3.90. The van der Waals surface area contributed by atoms with Crippen LogP contribution >= 0.6 is 8.25 Å². The zero-order valence-corrected chi connectivity index (χ0v) is 30.5. The second kappa shape index (κ2) is 32.3. The van der Waals surface area contributed by atoms with Crippen molar-refractivity contribution in [3.8, 4) is 0 Å². The summed E-state index contributed by atoms with van der Waals surface area (Å²) in [6, 6.07) is 0. The average Bonchev–Trinajstić information content (AvgIpc) is 3.00. The number of rotatable bonds is 36. The van der Waals surface area contributed by atoms with E-state index in [0.29, 0.717) is 12.8 Å². The molecule has 0 saturated heterocycles. The maximum absolute atomic E-state index is 12.9. The zero-order chi connectivity index (χ0) is 32.6. The van der Waals surface area contributed by atoms with Crippen LogP contribution < -0.4 is 4.89 Å². The van der Waals surface area contributed by atoms with E-state index in [2.05, 4.69) is 13.8 Å². The van der Waals surface area contributed by atoms with Gasteiger partial charge in [-0.05, 0) is 24.3 Å². The minimum absolute atomic E-state index is 0.197. The van der Waals surface area contributed by atoms with Gasteiger partial charge in [0.15, 0.2) is 11.6 Å². The number of hydrogen-bond donors (Lipinski definition) is 0. The third-order valence-corrected chi connectivity index (χ3v) is 9.85. The molecule has 0 heterocycles. The van der Waals surface area contributed by atoms with E-state index in [1.807, 2.05) is 0 Å². The summed E-state index contributed by atoms with van der Waals surface area (Å²) in [5.74, 6) is -0.783. The molecule has 0 aromatic heterocycles. The summed E-state index contributed by atoms with van der Waals surface area (Å²) in [5.41, 5.74) is -1.86. The van der Waals surface area contributed by atoms with Crippen LogP contribution in [0, 0.1) is 0 Å². The van der Waals surface area contributed by atoms with Gasteiger partial charge in [-0.15, -0.1) is 4.52 Å². The summed E-state index contributed by atoms with van der Waals surface area (Å²) in [7, 11) is -3.27. The average molecular weight is 641 g/mol. The maximum Gasteiger partial charge on any atom is 0.489 e. The van der Waals surface area contributed by atoms with Crippen LogP contribution in [0.2, 0.25) is 0 Å². The molecule has 5 nitrogen and oxygen atoms in total. The third kappa shape index (κ3) is 26.6. The molecule has 44 heavy (non-hydrogen) atoms. The van der Waals surface area contributed by atoms with E-state index in [4.69, 9.17) is 4.52 Å². The van der Waals surface area contributed by atoms with Gasteiger partial charge in [0.05, 0.1) is 0 Å². The molecule has 0 aliphatic heterocycles. The van der Waals surface area contributed by atoms with E-state index in [1.54, 1.807) is 0 Å². The van der Waals surface area contributed by atoms with Crippen molar-refractivity contribution in [3.63, 3.8) is 0 Å². The summed E-state index contributed by atoms with van der Waals surface area (Å²) in [6.45, 7) is 5.88. The fourth-order valence-electron chi connectivity index (χ4n) is 6.20. The molecule has 1 unspecified atom stereocenters. The quantitative estimate of drug-likeness (QED) is 0.0386. The molecule has 0 N–H and O–H groups in total. The monoisotopic (exact) mass is 641 g/mol. The summed E-state index contributed by atoms with van der Waals surface area (Å²) >= 11 is 0. The highest BCUT2D eigenvalue weighted by Gasteiger charge is 2.46. The Hall–Kier alpha value is -0.640. The Morgan fingerprint density at radius 3 is 0.864 bits per heavy atom. The molecule has 0 rings (SSSR count). The number of Topliss-reactive ketones (excluding diaryl/α,β-unsaturated/α-hetero) is 2. The lowest BCUT2D eigenvalue weighted by molar-refractivity contribution is -0.197. The summed E-state index contributed by atoms with van der Waals surface area (Å²) in [4.78, 5) is 37.2. The maximum atomic E-state index is 12.9. The Labute approximate surface area is 274 Å². The molecule has 0 aromatic rings. The number of unbranched alkanes of at least 4 members (excludes halogenated alkanes) is 28. The fourth-order valence-corrected chi connectivity index (χ4v) is 6.70. The van der Waals surface area contributed by atoms with Crippen LogP contribution in [0.15, 0.2) is 0 Å². The van der Waals surface area contributed by atoms with Crippen molar-refractivity contribution < 1.29 is 23.6 Å². The molecule has 0 aliphatic rings. The van der Waals surface area contributed by atoms with Crippen LogP contribution in [0.25, 0.3) is 0 Å². The highest BCUT2D eigenvalue weighted by atomic mass is 31.1. The van der Waals surface area contributed by atoms with Crippen molar-refractivity contribution in [3.05, 3.63) is 0 Å². The first kappa shape index (κ1) is 43.4. The lowest BCUT2D eigenvalue weighted by atomic mass is 9.89. The van der Waals surface area contributed by atoms with Crippen LogP contribution in [-0.4, -0.2) is 17.2 Å². The lowest BCUT2D eigenvalue weighted by Gasteiger charge is -2.21. The van der Waals surface area contributed by atoms with Gasteiger partial charge in [-0.25, -0.2) is 0 Å². The Morgan fingerprint density at radius 1 is 0.455 bits per heavy atom. The van der Waals surface area contributed by atoms with Gasteiger partial charge in [-0.3, -0.25) is 9.59 Å². The van der Waals surface area contributed by atoms with E-state index in [0.717, 1.165) is 25.7 Å². The minimum atomic E-state index is -3.27. The molecule has 0 radical (unpaired) electrons. The molecule has 0 amide bonds. The lowest BCUT2D eigenvalue weighted by Crippen LogP contribution is -2.45. The Bertz CT molecular complexity index is 634. The van der Waals surface area contributed by atoms with Crippen LogP contribution in [0.5, 0.6) is 0 Å². The minimum Gasteiger partial charge on any atom is -0.566 e. The predicted octanol–water partition coefficient (Wildman–Crippen LogP) is 12.4.